The molecule has 1 aromatic heterocycles. The minimum absolute atomic E-state index is 0.103. The zero-order chi connectivity index (χ0) is 19.4. The van der Waals surface area contributed by atoms with E-state index in [1.54, 1.807) is 23.5 Å². The number of ether oxygens (including phenoxy) is 1. The third-order valence-electron chi connectivity index (χ3n) is 4.72. The Kier molecular flexibility index (Phi) is 6.39. The van der Waals surface area contributed by atoms with Crippen molar-refractivity contribution in [2.45, 2.75) is 39.5 Å². The number of phenols is 1. The van der Waals surface area contributed by atoms with Gasteiger partial charge in [-0.2, -0.15) is 5.10 Å². The van der Waals surface area contributed by atoms with Gasteiger partial charge in [0.25, 0.3) is 5.91 Å². The van der Waals surface area contributed by atoms with Crippen LogP contribution in [0.2, 0.25) is 5.02 Å². The molecule has 1 aliphatic carbocycles. The lowest BCUT2D eigenvalue weighted by molar-refractivity contribution is 0.0959. The maximum absolute atomic E-state index is 12.4. The summed E-state index contributed by atoms with van der Waals surface area (Å²) in [5, 5.41) is 14.0. The van der Waals surface area contributed by atoms with E-state index in [1.807, 2.05) is 13.0 Å². The Morgan fingerprint density at radius 2 is 2.26 bits per heavy atom. The van der Waals surface area contributed by atoms with Crippen LogP contribution >= 0.6 is 22.9 Å². The molecule has 0 spiro atoms. The number of fused-ring (bicyclic) bond motifs is 1. The monoisotopic (exact) mass is 406 g/mol. The number of phenolic OH excluding ortho intramolecular Hbond substituents is 1. The van der Waals surface area contributed by atoms with E-state index in [0.717, 1.165) is 18.8 Å². The second-order valence-corrected chi connectivity index (χ2v) is 8.10. The van der Waals surface area contributed by atoms with E-state index in [9.17, 15) is 9.90 Å². The van der Waals surface area contributed by atoms with Crippen LogP contribution in [-0.4, -0.2) is 23.8 Å². The topological polar surface area (TPSA) is 70.9 Å². The molecule has 0 aliphatic heterocycles. The van der Waals surface area contributed by atoms with Crippen molar-refractivity contribution in [2.75, 3.05) is 6.61 Å². The quantitative estimate of drug-likeness (QED) is 0.535. The number of hydrogen-bond acceptors (Lipinski definition) is 5. The van der Waals surface area contributed by atoms with Gasteiger partial charge < -0.3 is 9.84 Å². The molecular formula is C20H23ClN2O3S. The normalized spacial score (nSPS) is 16.3. The minimum Gasteiger partial charge on any atom is -0.503 e. The number of halogens is 1. The zero-order valence-electron chi connectivity index (χ0n) is 15.4. The van der Waals surface area contributed by atoms with E-state index in [0.29, 0.717) is 17.0 Å². The lowest BCUT2D eigenvalue weighted by Crippen LogP contribution is -2.16. The molecule has 0 saturated carbocycles. The summed E-state index contributed by atoms with van der Waals surface area (Å²) in [6, 6.07) is 5.18. The van der Waals surface area contributed by atoms with E-state index >= 15 is 0 Å². The largest absolute Gasteiger partial charge is 0.503 e. The Labute approximate surface area is 168 Å². The number of thiophene rings is 1. The molecule has 1 heterocycles. The fourth-order valence-corrected chi connectivity index (χ4v) is 4.53. The number of nitrogens with zero attached hydrogens (tertiary/aromatic N) is 1. The highest BCUT2D eigenvalue weighted by atomic mass is 35.5. The highest BCUT2D eigenvalue weighted by Crippen LogP contribution is 2.35. The Balaban J connectivity index is 1.67. The summed E-state index contributed by atoms with van der Waals surface area (Å²) in [6.07, 6.45) is 5.98. The van der Waals surface area contributed by atoms with Gasteiger partial charge >= 0.3 is 0 Å². The van der Waals surface area contributed by atoms with Gasteiger partial charge in [-0.1, -0.05) is 24.9 Å². The molecule has 1 aromatic carbocycles. The van der Waals surface area contributed by atoms with Crippen LogP contribution in [0.3, 0.4) is 0 Å². The van der Waals surface area contributed by atoms with Gasteiger partial charge in [0.1, 0.15) is 0 Å². The zero-order valence-corrected chi connectivity index (χ0v) is 17.0. The molecule has 1 atom stereocenters. The van der Waals surface area contributed by atoms with Crippen molar-refractivity contribution in [1.29, 1.82) is 0 Å². The first-order chi connectivity index (χ1) is 13.0. The first-order valence-corrected chi connectivity index (χ1v) is 10.3. The fraction of sp³-hybridized carbons (Fsp3) is 0.400. The van der Waals surface area contributed by atoms with Gasteiger partial charge in [-0.25, -0.2) is 5.43 Å². The van der Waals surface area contributed by atoms with E-state index in [4.69, 9.17) is 16.3 Å². The van der Waals surface area contributed by atoms with Crippen molar-refractivity contribution in [3.8, 4) is 11.5 Å². The van der Waals surface area contributed by atoms with Crippen molar-refractivity contribution in [3.63, 3.8) is 0 Å². The highest BCUT2D eigenvalue weighted by Gasteiger charge is 2.21. The van der Waals surface area contributed by atoms with Gasteiger partial charge in [0.2, 0.25) is 0 Å². The maximum Gasteiger partial charge on any atom is 0.281 e. The fourth-order valence-electron chi connectivity index (χ4n) is 3.21. The number of aryl methyl sites for hydroxylation is 1. The standard InChI is InChI=1S/C20H23ClN2O3S/c1-3-12-5-6-17-14(7-12)10-18(27-17)20(25)23-22-11-13-8-15(21)19(24)16(9-13)26-4-2/h8-12,24H,3-7H2,1-2H3,(H,23,25)/b22-11+/t12-/m1/s1. The maximum atomic E-state index is 12.4. The number of aromatic hydroxyl groups is 1. The lowest BCUT2D eigenvalue weighted by Gasteiger charge is -2.19. The molecule has 1 amide bonds. The van der Waals surface area contributed by atoms with Crippen molar-refractivity contribution in [3.05, 3.63) is 44.1 Å². The second-order valence-electron chi connectivity index (χ2n) is 6.56. The van der Waals surface area contributed by atoms with Crippen LogP contribution in [0.5, 0.6) is 11.5 Å². The molecule has 3 rings (SSSR count). The van der Waals surface area contributed by atoms with Crippen molar-refractivity contribution in [2.24, 2.45) is 11.0 Å². The molecule has 27 heavy (non-hydrogen) atoms. The van der Waals surface area contributed by atoms with E-state index in [-0.39, 0.29) is 22.4 Å². The molecular weight excluding hydrogens is 384 g/mol. The summed E-state index contributed by atoms with van der Waals surface area (Å²) in [5.41, 5.74) is 4.49. The summed E-state index contributed by atoms with van der Waals surface area (Å²) in [7, 11) is 0. The Bertz CT molecular complexity index is 863. The first kappa shape index (κ1) is 19.7. The van der Waals surface area contributed by atoms with Crippen LogP contribution in [0.1, 0.15) is 52.4 Å². The first-order valence-electron chi connectivity index (χ1n) is 9.12. The molecule has 0 saturated heterocycles. The number of hydrazone groups is 1. The second kappa shape index (κ2) is 8.76. The third kappa shape index (κ3) is 4.62. The molecule has 7 heteroatoms. The van der Waals surface area contributed by atoms with Crippen LogP contribution in [0, 0.1) is 5.92 Å². The Hall–Kier alpha value is -2.05. The molecule has 2 N–H and O–H groups in total. The van der Waals surface area contributed by atoms with E-state index < -0.39 is 0 Å². The van der Waals surface area contributed by atoms with Crippen LogP contribution in [-0.2, 0) is 12.8 Å². The number of carbonyl (C=O) groups excluding carboxylic acids is 1. The number of rotatable bonds is 6. The number of nitrogens with one attached hydrogen (secondary N) is 1. The van der Waals surface area contributed by atoms with Gasteiger partial charge in [0.05, 0.1) is 22.7 Å². The van der Waals surface area contributed by atoms with Crippen LogP contribution in [0.15, 0.2) is 23.3 Å². The highest BCUT2D eigenvalue weighted by molar-refractivity contribution is 7.14. The third-order valence-corrected chi connectivity index (χ3v) is 6.24. The smallest absolute Gasteiger partial charge is 0.281 e. The molecule has 0 unspecified atom stereocenters. The van der Waals surface area contributed by atoms with Crippen molar-refractivity contribution < 1.29 is 14.6 Å². The van der Waals surface area contributed by atoms with Gasteiger partial charge in [-0.15, -0.1) is 11.3 Å². The summed E-state index contributed by atoms with van der Waals surface area (Å²) < 4.78 is 5.34. The molecule has 0 fully saturated rings. The number of amides is 1. The number of hydrogen-bond donors (Lipinski definition) is 2. The van der Waals surface area contributed by atoms with E-state index in [1.165, 1.54) is 29.5 Å². The average molecular weight is 407 g/mol. The van der Waals surface area contributed by atoms with Gasteiger partial charge in [0.15, 0.2) is 11.5 Å². The molecule has 1 aliphatic rings. The lowest BCUT2D eigenvalue weighted by atomic mass is 9.87. The summed E-state index contributed by atoms with van der Waals surface area (Å²) >= 11 is 7.55. The van der Waals surface area contributed by atoms with Gasteiger partial charge in [0, 0.05) is 4.88 Å². The summed E-state index contributed by atoms with van der Waals surface area (Å²) in [6.45, 7) is 4.44. The van der Waals surface area contributed by atoms with Crippen molar-refractivity contribution in [1.82, 2.24) is 5.43 Å². The minimum atomic E-state index is -0.214. The molecule has 5 nitrogen and oxygen atoms in total. The van der Waals surface area contributed by atoms with Gasteiger partial charge in [-0.3, -0.25) is 4.79 Å². The van der Waals surface area contributed by atoms with Gasteiger partial charge in [-0.05, 0) is 61.4 Å². The molecule has 0 radical (unpaired) electrons. The summed E-state index contributed by atoms with van der Waals surface area (Å²) in [4.78, 5) is 14.4. The predicted molar refractivity (Wildman–Crippen MR) is 109 cm³/mol. The molecule has 2 aromatic rings. The Morgan fingerprint density at radius 1 is 1.44 bits per heavy atom. The van der Waals surface area contributed by atoms with Crippen LogP contribution in [0.25, 0.3) is 0 Å². The Morgan fingerprint density at radius 3 is 3.00 bits per heavy atom. The van der Waals surface area contributed by atoms with Crippen molar-refractivity contribution >= 4 is 35.1 Å². The predicted octanol–water partition coefficient (Wildman–Crippen LogP) is 4.78. The van der Waals surface area contributed by atoms with E-state index in [2.05, 4.69) is 17.5 Å². The number of benzene rings is 1. The summed E-state index contributed by atoms with van der Waals surface area (Å²) in [5.74, 6) is 0.692. The SMILES string of the molecule is CCOc1cc(/C=N/NC(=O)c2cc3c(s2)CC[C@@H](CC)C3)cc(Cl)c1O. The average Bonchev–Trinajstić information content (AvgIpc) is 3.09. The molecule has 0 bridgehead atoms. The molecule has 144 valence electrons. The number of carbonyl (C=O) groups is 1. The van der Waals surface area contributed by atoms with Crippen LogP contribution in [0.4, 0.5) is 0 Å². The van der Waals surface area contributed by atoms with Crippen LogP contribution < -0.4 is 10.2 Å².